The molecule has 0 bridgehead atoms. The Morgan fingerprint density at radius 1 is 0.952 bits per heavy atom. The molecule has 1 aromatic heterocycles. The number of hydrogen-bond acceptors (Lipinski definition) is 4. The first kappa shape index (κ1) is 29.1. The van der Waals surface area contributed by atoms with E-state index in [0.29, 0.717) is 36.0 Å². The number of amides is 2. The topological polar surface area (TPSA) is 85.2 Å². The van der Waals surface area contributed by atoms with E-state index in [1.54, 1.807) is 48.5 Å². The molecule has 1 saturated carbocycles. The Balaban J connectivity index is 1.43. The van der Waals surface area contributed by atoms with Gasteiger partial charge in [0.25, 0.3) is 5.91 Å². The van der Waals surface area contributed by atoms with Crippen molar-refractivity contribution in [2.24, 2.45) is 5.92 Å². The minimum absolute atomic E-state index is 0.172. The van der Waals surface area contributed by atoms with E-state index in [-0.39, 0.29) is 11.6 Å². The zero-order valence-corrected chi connectivity index (χ0v) is 23.2. The SMILES string of the molecule is CCc1cccc(-n2nc(C(F)(F)F)cc2C(=O)Nc2cccc(C(OCC3CC3)c3ccc(NC(C)=O)cc3)c2)c1. The number of aryl methyl sites for hydroxylation is 1. The molecule has 7 nitrogen and oxygen atoms in total. The van der Waals surface area contributed by atoms with E-state index in [9.17, 15) is 22.8 Å². The zero-order valence-electron chi connectivity index (χ0n) is 23.2. The Morgan fingerprint density at radius 2 is 1.69 bits per heavy atom. The van der Waals surface area contributed by atoms with Crippen LogP contribution in [0, 0.1) is 5.92 Å². The van der Waals surface area contributed by atoms with E-state index >= 15 is 0 Å². The molecule has 3 aromatic carbocycles. The molecule has 42 heavy (non-hydrogen) atoms. The van der Waals surface area contributed by atoms with Crippen molar-refractivity contribution in [3.63, 3.8) is 0 Å². The average Bonchev–Trinajstić information content (AvgIpc) is 3.67. The number of benzene rings is 3. The monoisotopic (exact) mass is 576 g/mol. The van der Waals surface area contributed by atoms with Gasteiger partial charge in [0, 0.05) is 24.4 Å². The first-order valence-electron chi connectivity index (χ1n) is 13.8. The van der Waals surface area contributed by atoms with Crippen LogP contribution in [0.5, 0.6) is 0 Å². The molecule has 0 spiro atoms. The summed E-state index contributed by atoms with van der Waals surface area (Å²) in [6, 6.07) is 22.0. The fourth-order valence-electron chi connectivity index (χ4n) is 4.61. The third kappa shape index (κ3) is 7.06. The van der Waals surface area contributed by atoms with Crippen LogP contribution in [0.25, 0.3) is 5.69 Å². The lowest BCUT2D eigenvalue weighted by Crippen LogP contribution is -2.17. The zero-order chi connectivity index (χ0) is 29.9. The lowest BCUT2D eigenvalue weighted by atomic mass is 10.00. The molecule has 4 aromatic rings. The van der Waals surface area contributed by atoms with Gasteiger partial charge in [0.05, 0.1) is 12.3 Å². The number of carbonyl (C=O) groups excluding carboxylic acids is 2. The molecular formula is C32H31F3N4O3. The van der Waals surface area contributed by atoms with Crippen LogP contribution in [0.4, 0.5) is 24.5 Å². The fraction of sp³-hybridized carbons (Fsp3) is 0.281. The highest BCUT2D eigenvalue weighted by Crippen LogP contribution is 2.35. The van der Waals surface area contributed by atoms with Gasteiger partial charge in [-0.2, -0.15) is 18.3 Å². The molecule has 1 aliphatic carbocycles. The number of halogens is 3. The van der Waals surface area contributed by atoms with Gasteiger partial charge >= 0.3 is 6.18 Å². The number of hydrogen-bond donors (Lipinski definition) is 2. The van der Waals surface area contributed by atoms with Crippen molar-refractivity contribution in [2.45, 2.75) is 45.4 Å². The van der Waals surface area contributed by atoms with Crippen molar-refractivity contribution in [1.29, 1.82) is 0 Å². The molecule has 1 fully saturated rings. The molecule has 1 aliphatic rings. The third-order valence-electron chi connectivity index (χ3n) is 6.97. The highest BCUT2D eigenvalue weighted by atomic mass is 19.4. The molecule has 0 aliphatic heterocycles. The summed E-state index contributed by atoms with van der Waals surface area (Å²) in [6.07, 6.45) is -2.27. The first-order valence-corrected chi connectivity index (χ1v) is 13.8. The Kier molecular flexibility index (Phi) is 8.44. The number of anilines is 2. The Bertz CT molecular complexity index is 1580. The van der Waals surface area contributed by atoms with Crippen molar-refractivity contribution in [2.75, 3.05) is 17.2 Å². The summed E-state index contributed by atoms with van der Waals surface area (Å²) in [7, 11) is 0. The van der Waals surface area contributed by atoms with Crippen LogP contribution in [0.1, 0.15) is 65.7 Å². The fourth-order valence-corrected chi connectivity index (χ4v) is 4.61. The molecule has 218 valence electrons. The van der Waals surface area contributed by atoms with Crippen LogP contribution in [-0.4, -0.2) is 28.2 Å². The van der Waals surface area contributed by atoms with Crippen molar-refractivity contribution in [3.8, 4) is 5.69 Å². The maximum Gasteiger partial charge on any atom is 0.435 e. The third-order valence-corrected chi connectivity index (χ3v) is 6.97. The normalized spacial score (nSPS) is 13.9. The standard InChI is InChI=1S/C32H31F3N4O3/c1-3-21-6-4-9-27(16-21)39-28(18-29(38-39)32(33,34)35)31(41)37-26-8-5-7-24(17-26)30(42-19-22-10-11-22)23-12-14-25(15-13-23)36-20(2)40/h4-9,12-18,22,30H,3,10-11,19H2,1-2H3,(H,36,40)(H,37,41). The summed E-state index contributed by atoms with van der Waals surface area (Å²) >= 11 is 0. The summed E-state index contributed by atoms with van der Waals surface area (Å²) in [5, 5.41) is 9.22. The Labute approximate surface area is 241 Å². The van der Waals surface area contributed by atoms with Crippen molar-refractivity contribution < 1.29 is 27.5 Å². The largest absolute Gasteiger partial charge is 0.435 e. The van der Waals surface area contributed by atoms with E-state index in [0.717, 1.165) is 40.3 Å². The number of aromatic nitrogens is 2. The Hall–Kier alpha value is -4.44. The minimum Gasteiger partial charge on any atom is -0.368 e. The first-order chi connectivity index (χ1) is 20.1. The highest BCUT2D eigenvalue weighted by molar-refractivity contribution is 6.03. The van der Waals surface area contributed by atoms with Gasteiger partial charge < -0.3 is 15.4 Å². The smallest absolute Gasteiger partial charge is 0.368 e. The molecule has 2 N–H and O–H groups in total. The average molecular weight is 577 g/mol. The van der Waals surface area contributed by atoms with Gasteiger partial charge in [0.1, 0.15) is 11.8 Å². The molecule has 1 atom stereocenters. The number of carbonyl (C=O) groups is 2. The van der Waals surface area contributed by atoms with Crippen molar-refractivity contribution >= 4 is 23.2 Å². The van der Waals surface area contributed by atoms with Gasteiger partial charge in [-0.15, -0.1) is 0 Å². The maximum absolute atomic E-state index is 13.6. The quantitative estimate of drug-likeness (QED) is 0.209. The molecule has 10 heteroatoms. The molecule has 5 rings (SSSR count). The summed E-state index contributed by atoms with van der Waals surface area (Å²) in [5.74, 6) is -0.398. The van der Waals surface area contributed by atoms with Crippen molar-refractivity contribution in [3.05, 3.63) is 107 Å². The number of alkyl halides is 3. The van der Waals surface area contributed by atoms with E-state index in [1.165, 1.54) is 6.92 Å². The van der Waals surface area contributed by atoms with E-state index in [1.807, 2.05) is 31.2 Å². The number of rotatable bonds is 10. The molecule has 0 saturated heterocycles. The number of nitrogens with zero attached hydrogens (tertiary/aromatic N) is 2. The predicted molar refractivity (Wildman–Crippen MR) is 154 cm³/mol. The molecule has 2 amide bonds. The van der Waals surface area contributed by atoms with Crippen LogP contribution >= 0.6 is 0 Å². The molecular weight excluding hydrogens is 545 g/mol. The van der Waals surface area contributed by atoms with Crippen LogP contribution in [0.3, 0.4) is 0 Å². The highest BCUT2D eigenvalue weighted by Gasteiger charge is 2.36. The van der Waals surface area contributed by atoms with Crippen molar-refractivity contribution in [1.82, 2.24) is 9.78 Å². The van der Waals surface area contributed by atoms with E-state index in [4.69, 9.17) is 4.74 Å². The van der Waals surface area contributed by atoms with Gasteiger partial charge in [-0.05, 0) is 78.3 Å². The second kappa shape index (κ2) is 12.2. The van der Waals surface area contributed by atoms with Crippen LogP contribution in [0.2, 0.25) is 0 Å². The number of nitrogens with one attached hydrogen (secondary N) is 2. The Morgan fingerprint density at radius 3 is 2.36 bits per heavy atom. The van der Waals surface area contributed by atoms with Crippen LogP contribution in [-0.2, 0) is 22.1 Å². The van der Waals surface area contributed by atoms with E-state index in [2.05, 4.69) is 15.7 Å². The van der Waals surface area contributed by atoms with Gasteiger partial charge in [-0.3, -0.25) is 9.59 Å². The lowest BCUT2D eigenvalue weighted by molar-refractivity contribution is -0.141. The van der Waals surface area contributed by atoms with Gasteiger partial charge in [-0.25, -0.2) is 4.68 Å². The molecule has 0 radical (unpaired) electrons. The second-order valence-electron chi connectivity index (χ2n) is 10.4. The summed E-state index contributed by atoms with van der Waals surface area (Å²) in [4.78, 5) is 24.8. The number of ether oxygens (including phenoxy) is 1. The summed E-state index contributed by atoms with van der Waals surface area (Å²) < 4.78 is 48.2. The van der Waals surface area contributed by atoms with Crippen LogP contribution in [0.15, 0.2) is 78.9 Å². The summed E-state index contributed by atoms with van der Waals surface area (Å²) in [6.45, 7) is 3.95. The second-order valence-corrected chi connectivity index (χ2v) is 10.4. The molecule has 1 unspecified atom stereocenters. The van der Waals surface area contributed by atoms with Crippen LogP contribution < -0.4 is 10.6 Å². The summed E-state index contributed by atoms with van der Waals surface area (Å²) in [5.41, 5.74) is 2.55. The predicted octanol–water partition coefficient (Wildman–Crippen LogP) is 7.18. The van der Waals surface area contributed by atoms with Gasteiger partial charge in [-0.1, -0.05) is 43.3 Å². The van der Waals surface area contributed by atoms with E-state index < -0.39 is 23.9 Å². The lowest BCUT2D eigenvalue weighted by Gasteiger charge is -2.20. The van der Waals surface area contributed by atoms with Gasteiger partial charge in [0.15, 0.2) is 5.69 Å². The minimum atomic E-state index is -4.72. The molecule has 1 heterocycles. The maximum atomic E-state index is 13.6. The van der Waals surface area contributed by atoms with Gasteiger partial charge in [0.2, 0.25) is 5.91 Å².